The summed E-state index contributed by atoms with van der Waals surface area (Å²) in [5.74, 6) is -0.439. The molecule has 2 aliphatic heterocycles. The average molecular weight is 455 g/mol. The van der Waals surface area contributed by atoms with Crippen LogP contribution < -0.4 is 0 Å². The Balaban J connectivity index is 1.36. The number of carbonyl (C=O) groups excluding carboxylic acids is 1. The lowest BCUT2D eigenvalue weighted by atomic mass is 9.86. The van der Waals surface area contributed by atoms with Crippen molar-refractivity contribution in [3.8, 4) is 0 Å². The zero-order valence-corrected chi connectivity index (χ0v) is 19.4. The van der Waals surface area contributed by atoms with Crippen molar-refractivity contribution in [1.82, 2.24) is 9.80 Å². The molecule has 0 aromatic heterocycles. The van der Waals surface area contributed by atoms with Crippen LogP contribution in [0.3, 0.4) is 0 Å². The van der Waals surface area contributed by atoms with Gasteiger partial charge in [-0.2, -0.15) is 0 Å². The molecule has 176 valence electrons. The molecule has 6 heteroatoms. The first-order valence-electron chi connectivity index (χ1n) is 11.7. The Bertz CT molecular complexity index is 935. The molecule has 0 N–H and O–H groups in total. The summed E-state index contributed by atoms with van der Waals surface area (Å²) in [6, 6.07) is 13.2. The fraction of sp³-hybridized carbons (Fsp3) is 0.444. The lowest BCUT2D eigenvalue weighted by Crippen LogP contribution is -2.46. The molecule has 2 fully saturated rings. The summed E-state index contributed by atoms with van der Waals surface area (Å²) in [6.07, 6.45) is 3.04. The topological polar surface area (TPSA) is 32.8 Å². The number of benzene rings is 2. The van der Waals surface area contributed by atoms with Crippen LogP contribution in [0.2, 0.25) is 0 Å². The molecule has 0 unspecified atom stereocenters. The molecule has 0 atom stereocenters. The van der Waals surface area contributed by atoms with Crippen molar-refractivity contribution < 1.29 is 18.3 Å². The maximum atomic E-state index is 13.4. The number of hydrogen-bond acceptors (Lipinski definition) is 3. The summed E-state index contributed by atoms with van der Waals surface area (Å²) >= 11 is 0. The Morgan fingerprint density at radius 2 is 1.48 bits per heavy atom. The molecule has 0 bridgehead atoms. The minimum atomic E-state index is -0.567. The highest BCUT2D eigenvalue weighted by Crippen LogP contribution is 2.41. The molecular weight excluding hydrogens is 422 g/mol. The Morgan fingerprint density at radius 3 is 1.94 bits per heavy atom. The Kier molecular flexibility index (Phi) is 6.84. The second-order valence-corrected chi connectivity index (χ2v) is 9.41. The lowest BCUT2D eigenvalue weighted by molar-refractivity contribution is 0.0143. The zero-order valence-electron chi connectivity index (χ0n) is 19.4. The minimum Gasteiger partial charge on any atom is -0.436 e. The fourth-order valence-electron chi connectivity index (χ4n) is 5.09. The number of likely N-dealkylation sites (tertiary alicyclic amines) is 1. The van der Waals surface area contributed by atoms with Gasteiger partial charge in [0, 0.05) is 37.9 Å². The number of ether oxygens (including phenoxy) is 1. The van der Waals surface area contributed by atoms with E-state index in [4.69, 9.17) is 4.74 Å². The predicted molar refractivity (Wildman–Crippen MR) is 125 cm³/mol. The van der Waals surface area contributed by atoms with Gasteiger partial charge in [0.2, 0.25) is 0 Å². The summed E-state index contributed by atoms with van der Waals surface area (Å²) in [7, 11) is 0. The van der Waals surface area contributed by atoms with Crippen molar-refractivity contribution in [2.24, 2.45) is 0 Å². The SMILES string of the molecule is C=C1N(C(C)C)C(=O)OC12CCN(CCCC(c1ccc(F)cc1)c1ccc(F)cc1)CC2. The van der Waals surface area contributed by atoms with E-state index in [-0.39, 0.29) is 29.7 Å². The quantitative estimate of drug-likeness (QED) is 0.508. The molecule has 2 aliphatic rings. The maximum Gasteiger partial charge on any atom is 0.415 e. The van der Waals surface area contributed by atoms with E-state index in [9.17, 15) is 13.6 Å². The first-order valence-corrected chi connectivity index (χ1v) is 11.7. The number of nitrogens with zero attached hydrogens (tertiary/aromatic N) is 2. The monoisotopic (exact) mass is 454 g/mol. The minimum absolute atomic E-state index is 0.0391. The molecule has 33 heavy (non-hydrogen) atoms. The molecule has 0 aliphatic carbocycles. The van der Waals surface area contributed by atoms with Crippen molar-refractivity contribution in [1.29, 1.82) is 0 Å². The van der Waals surface area contributed by atoms with Crippen molar-refractivity contribution in [3.63, 3.8) is 0 Å². The molecule has 2 aromatic rings. The summed E-state index contributed by atoms with van der Waals surface area (Å²) < 4.78 is 32.7. The lowest BCUT2D eigenvalue weighted by Gasteiger charge is -2.38. The molecule has 4 rings (SSSR count). The van der Waals surface area contributed by atoms with Crippen LogP contribution in [0.4, 0.5) is 13.6 Å². The molecule has 2 aromatic carbocycles. The van der Waals surface area contributed by atoms with E-state index in [1.54, 1.807) is 4.90 Å². The van der Waals surface area contributed by atoms with E-state index >= 15 is 0 Å². The summed E-state index contributed by atoms with van der Waals surface area (Å²) in [4.78, 5) is 16.4. The normalized spacial score (nSPS) is 18.5. The average Bonchev–Trinajstić information content (AvgIpc) is 3.03. The smallest absolute Gasteiger partial charge is 0.415 e. The van der Waals surface area contributed by atoms with Gasteiger partial charge in [0.05, 0.1) is 5.70 Å². The fourth-order valence-corrected chi connectivity index (χ4v) is 5.09. The van der Waals surface area contributed by atoms with E-state index in [0.29, 0.717) is 0 Å². The van der Waals surface area contributed by atoms with Gasteiger partial charge in [-0.25, -0.2) is 13.6 Å². The van der Waals surface area contributed by atoms with Crippen LogP contribution in [0.5, 0.6) is 0 Å². The third-order valence-corrected chi connectivity index (χ3v) is 6.99. The van der Waals surface area contributed by atoms with Gasteiger partial charge in [0.15, 0.2) is 5.60 Å². The Morgan fingerprint density at radius 1 is 0.970 bits per heavy atom. The van der Waals surface area contributed by atoms with Gasteiger partial charge in [-0.05, 0) is 68.6 Å². The van der Waals surface area contributed by atoms with E-state index in [2.05, 4.69) is 11.5 Å². The van der Waals surface area contributed by atoms with Gasteiger partial charge in [-0.15, -0.1) is 0 Å². The van der Waals surface area contributed by atoms with E-state index in [0.717, 1.165) is 62.1 Å². The van der Waals surface area contributed by atoms with Crippen LogP contribution >= 0.6 is 0 Å². The molecule has 2 heterocycles. The number of hydrogen-bond donors (Lipinski definition) is 0. The standard InChI is InChI=1S/C27H32F2N2O2/c1-19(2)31-20(3)27(33-26(31)32)14-17-30(18-15-27)16-4-5-25(21-6-10-23(28)11-7-21)22-8-12-24(29)13-9-22/h6-13,19,25H,3-5,14-18H2,1-2H3. The van der Waals surface area contributed by atoms with Crippen molar-refractivity contribution >= 4 is 6.09 Å². The van der Waals surface area contributed by atoms with Crippen LogP contribution in [-0.4, -0.2) is 47.2 Å². The number of amides is 1. The van der Waals surface area contributed by atoms with Crippen LogP contribution in [0.1, 0.15) is 56.6 Å². The van der Waals surface area contributed by atoms with Gasteiger partial charge in [0.1, 0.15) is 11.6 Å². The zero-order chi connectivity index (χ0) is 23.6. The second kappa shape index (κ2) is 9.64. The summed E-state index contributed by atoms with van der Waals surface area (Å²) in [6.45, 7) is 10.7. The van der Waals surface area contributed by atoms with Gasteiger partial charge >= 0.3 is 6.09 Å². The van der Waals surface area contributed by atoms with Crippen LogP contribution in [0, 0.1) is 11.6 Å². The second-order valence-electron chi connectivity index (χ2n) is 9.41. The van der Waals surface area contributed by atoms with E-state index in [1.807, 2.05) is 38.1 Å². The van der Waals surface area contributed by atoms with Gasteiger partial charge in [-0.3, -0.25) is 4.90 Å². The number of piperidine rings is 1. The van der Waals surface area contributed by atoms with E-state index < -0.39 is 5.60 Å². The number of halogens is 2. The molecular formula is C27H32F2N2O2. The van der Waals surface area contributed by atoms with Crippen molar-refractivity contribution in [2.75, 3.05) is 19.6 Å². The Hall–Kier alpha value is -2.73. The van der Waals surface area contributed by atoms with Gasteiger partial charge in [-0.1, -0.05) is 30.8 Å². The number of carbonyl (C=O) groups is 1. The summed E-state index contributed by atoms with van der Waals surface area (Å²) in [5.41, 5.74) is 2.28. The molecule has 2 saturated heterocycles. The molecule has 4 nitrogen and oxygen atoms in total. The van der Waals surface area contributed by atoms with Gasteiger partial charge < -0.3 is 9.64 Å². The van der Waals surface area contributed by atoms with Crippen LogP contribution in [0.15, 0.2) is 60.8 Å². The maximum absolute atomic E-state index is 13.4. The first kappa shape index (κ1) is 23.4. The summed E-state index contributed by atoms with van der Waals surface area (Å²) in [5, 5.41) is 0. The largest absolute Gasteiger partial charge is 0.436 e. The van der Waals surface area contributed by atoms with Crippen molar-refractivity contribution in [2.45, 2.75) is 57.1 Å². The van der Waals surface area contributed by atoms with Crippen LogP contribution in [-0.2, 0) is 4.74 Å². The molecule has 0 saturated carbocycles. The highest BCUT2D eigenvalue weighted by Gasteiger charge is 2.50. The predicted octanol–water partition coefficient (Wildman–Crippen LogP) is 6.09. The highest BCUT2D eigenvalue weighted by molar-refractivity contribution is 5.75. The molecule has 1 amide bonds. The molecule has 0 radical (unpaired) electrons. The third kappa shape index (κ3) is 4.96. The molecule has 1 spiro atoms. The van der Waals surface area contributed by atoms with Gasteiger partial charge in [0.25, 0.3) is 0 Å². The third-order valence-electron chi connectivity index (χ3n) is 6.99. The van der Waals surface area contributed by atoms with E-state index in [1.165, 1.54) is 24.3 Å². The Labute approximate surface area is 194 Å². The van der Waals surface area contributed by atoms with Crippen LogP contribution in [0.25, 0.3) is 0 Å². The first-order chi connectivity index (χ1) is 15.8. The highest BCUT2D eigenvalue weighted by atomic mass is 19.1. The number of rotatable bonds is 7. The van der Waals surface area contributed by atoms with Crippen molar-refractivity contribution in [3.05, 3.63) is 83.6 Å².